The summed E-state index contributed by atoms with van der Waals surface area (Å²) in [6.45, 7) is 1.99. The van der Waals surface area contributed by atoms with E-state index in [0.29, 0.717) is 44.9 Å². The highest BCUT2D eigenvalue weighted by molar-refractivity contribution is 6.14. The molecule has 0 fully saturated rings. The van der Waals surface area contributed by atoms with E-state index < -0.39 is 5.97 Å². The average molecular weight is 426 g/mol. The third kappa shape index (κ3) is 3.30. The van der Waals surface area contributed by atoms with Gasteiger partial charge < -0.3 is 33.5 Å². The third-order valence-corrected chi connectivity index (χ3v) is 5.09. The zero-order valence-electron chi connectivity index (χ0n) is 17.6. The maximum atomic E-state index is 13.0. The molecule has 0 saturated carbocycles. The van der Waals surface area contributed by atoms with E-state index in [4.69, 9.17) is 28.4 Å². The van der Waals surface area contributed by atoms with Crippen LogP contribution in [0.2, 0.25) is 0 Å². The Balaban J connectivity index is 2.14. The molecule has 162 valence electrons. The van der Waals surface area contributed by atoms with Crippen molar-refractivity contribution in [2.75, 3.05) is 34.7 Å². The first-order valence-electron chi connectivity index (χ1n) is 9.59. The van der Waals surface area contributed by atoms with Crippen molar-refractivity contribution in [3.8, 4) is 45.6 Å². The van der Waals surface area contributed by atoms with E-state index in [1.165, 1.54) is 21.3 Å². The molecule has 0 amide bonds. The van der Waals surface area contributed by atoms with Crippen molar-refractivity contribution in [2.45, 2.75) is 6.92 Å². The molecule has 31 heavy (non-hydrogen) atoms. The van der Waals surface area contributed by atoms with Gasteiger partial charge >= 0.3 is 5.97 Å². The Labute approximate surface area is 178 Å². The largest absolute Gasteiger partial charge is 0.504 e. The van der Waals surface area contributed by atoms with E-state index >= 15 is 0 Å². The maximum Gasteiger partial charge on any atom is 0.342 e. The van der Waals surface area contributed by atoms with Crippen LogP contribution in [0.15, 0.2) is 30.3 Å². The SMILES string of the molecule is CCOC(=O)c1c(OC)c(O)c2cc(OC)c(OC)cc2c1-c1ccc2c(c1)OCO2. The van der Waals surface area contributed by atoms with Gasteiger partial charge in [0.05, 0.1) is 27.9 Å². The number of esters is 1. The minimum atomic E-state index is -0.626. The zero-order chi connectivity index (χ0) is 22.1. The first kappa shape index (κ1) is 20.5. The van der Waals surface area contributed by atoms with E-state index in [1.54, 1.807) is 37.3 Å². The van der Waals surface area contributed by atoms with Crippen LogP contribution >= 0.6 is 0 Å². The summed E-state index contributed by atoms with van der Waals surface area (Å²) >= 11 is 0. The second-order valence-corrected chi connectivity index (χ2v) is 6.67. The molecule has 1 aliphatic rings. The van der Waals surface area contributed by atoms with Gasteiger partial charge in [0.25, 0.3) is 0 Å². The van der Waals surface area contributed by atoms with Gasteiger partial charge in [-0.2, -0.15) is 0 Å². The molecule has 0 unspecified atom stereocenters. The highest BCUT2D eigenvalue weighted by Crippen LogP contribution is 2.49. The summed E-state index contributed by atoms with van der Waals surface area (Å²) in [5.41, 5.74) is 1.26. The molecular formula is C23H22O8. The second kappa shape index (κ2) is 8.14. The van der Waals surface area contributed by atoms with Crippen molar-refractivity contribution in [2.24, 2.45) is 0 Å². The van der Waals surface area contributed by atoms with Crippen LogP contribution in [-0.4, -0.2) is 45.8 Å². The summed E-state index contributed by atoms with van der Waals surface area (Å²) in [6, 6.07) is 8.68. The summed E-state index contributed by atoms with van der Waals surface area (Å²) in [7, 11) is 4.40. The lowest BCUT2D eigenvalue weighted by Crippen LogP contribution is -2.10. The minimum Gasteiger partial charge on any atom is -0.504 e. The Bertz CT molecular complexity index is 1170. The van der Waals surface area contributed by atoms with Crippen LogP contribution in [0.1, 0.15) is 17.3 Å². The van der Waals surface area contributed by atoms with E-state index in [-0.39, 0.29) is 30.5 Å². The Morgan fingerprint density at radius 3 is 2.29 bits per heavy atom. The smallest absolute Gasteiger partial charge is 0.342 e. The Morgan fingerprint density at radius 1 is 0.968 bits per heavy atom. The fraction of sp³-hybridized carbons (Fsp3) is 0.261. The molecule has 8 heteroatoms. The van der Waals surface area contributed by atoms with Gasteiger partial charge in [0.2, 0.25) is 6.79 Å². The lowest BCUT2D eigenvalue weighted by molar-refractivity contribution is 0.0523. The zero-order valence-corrected chi connectivity index (χ0v) is 17.6. The van der Waals surface area contributed by atoms with Crippen molar-refractivity contribution >= 4 is 16.7 Å². The van der Waals surface area contributed by atoms with Gasteiger partial charge in [-0.25, -0.2) is 4.79 Å². The topological polar surface area (TPSA) is 92.7 Å². The fourth-order valence-corrected chi connectivity index (χ4v) is 3.72. The standard InChI is InChI=1S/C23H22O8/c1-5-29-23(25)20-19(12-6-7-15-18(8-12)31-11-30-15)13-9-16(26-2)17(27-3)10-14(13)21(24)22(20)28-4/h6-10,24H,5,11H2,1-4H3. The molecule has 0 bridgehead atoms. The van der Waals surface area contributed by atoms with Crippen molar-refractivity contribution in [1.82, 2.24) is 0 Å². The summed E-state index contributed by atoms with van der Waals surface area (Å²) in [6.07, 6.45) is 0. The number of ether oxygens (including phenoxy) is 6. The molecule has 0 saturated heterocycles. The molecule has 0 spiro atoms. The number of phenols is 1. The number of aromatic hydroxyl groups is 1. The lowest BCUT2D eigenvalue weighted by atomic mass is 9.91. The molecular weight excluding hydrogens is 404 g/mol. The first-order chi connectivity index (χ1) is 15.0. The molecule has 3 aromatic carbocycles. The van der Waals surface area contributed by atoms with Crippen LogP contribution < -0.4 is 23.7 Å². The molecule has 4 rings (SSSR count). The van der Waals surface area contributed by atoms with E-state index in [9.17, 15) is 9.90 Å². The van der Waals surface area contributed by atoms with E-state index in [0.717, 1.165) is 0 Å². The number of methoxy groups -OCH3 is 3. The molecule has 1 N–H and O–H groups in total. The normalized spacial score (nSPS) is 12.0. The van der Waals surface area contributed by atoms with Crippen LogP contribution in [0.4, 0.5) is 0 Å². The number of hydrogen-bond donors (Lipinski definition) is 1. The summed E-state index contributed by atoms with van der Waals surface area (Å²) in [5, 5.41) is 12.0. The predicted molar refractivity (Wildman–Crippen MR) is 113 cm³/mol. The Hall–Kier alpha value is -3.81. The average Bonchev–Trinajstić information content (AvgIpc) is 3.26. The number of rotatable bonds is 6. The van der Waals surface area contributed by atoms with Crippen LogP contribution in [0.25, 0.3) is 21.9 Å². The summed E-state index contributed by atoms with van der Waals surface area (Å²) in [5.74, 6) is 1.20. The van der Waals surface area contributed by atoms with Gasteiger partial charge in [0.15, 0.2) is 34.5 Å². The van der Waals surface area contributed by atoms with Gasteiger partial charge in [-0.05, 0) is 42.1 Å². The van der Waals surface area contributed by atoms with Gasteiger partial charge in [-0.15, -0.1) is 0 Å². The summed E-state index contributed by atoms with van der Waals surface area (Å²) in [4.78, 5) is 13.0. The molecule has 0 atom stereocenters. The Morgan fingerprint density at radius 2 is 1.65 bits per heavy atom. The van der Waals surface area contributed by atoms with Gasteiger partial charge in [0.1, 0.15) is 5.56 Å². The van der Waals surface area contributed by atoms with E-state index in [1.807, 2.05) is 0 Å². The molecule has 1 aliphatic heterocycles. The maximum absolute atomic E-state index is 13.0. The number of benzene rings is 3. The second-order valence-electron chi connectivity index (χ2n) is 6.67. The number of phenolic OH excluding ortho intramolecular Hbond substituents is 1. The van der Waals surface area contributed by atoms with Crippen LogP contribution in [-0.2, 0) is 4.74 Å². The van der Waals surface area contributed by atoms with Gasteiger partial charge in [-0.1, -0.05) is 6.07 Å². The van der Waals surface area contributed by atoms with Crippen LogP contribution in [0.5, 0.6) is 34.5 Å². The fourth-order valence-electron chi connectivity index (χ4n) is 3.72. The van der Waals surface area contributed by atoms with Crippen molar-refractivity contribution < 1.29 is 38.3 Å². The quantitative estimate of drug-likeness (QED) is 0.588. The molecule has 1 heterocycles. The van der Waals surface area contributed by atoms with Crippen LogP contribution in [0, 0.1) is 0 Å². The first-order valence-corrected chi connectivity index (χ1v) is 9.59. The highest BCUT2D eigenvalue weighted by Gasteiger charge is 2.29. The molecule has 0 radical (unpaired) electrons. The minimum absolute atomic E-state index is 0.00540. The number of carbonyl (C=O) groups is 1. The van der Waals surface area contributed by atoms with Crippen molar-refractivity contribution in [3.63, 3.8) is 0 Å². The van der Waals surface area contributed by atoms with Gasteiger partial charge in [0, 0.05) is 10.9 Å². The number of carbonyl (C=O) groups excluding carboxylic acids is 1. The highest BCUT2D eigenvalue weighted by atomic mass is 16.7. The molecule has 8 nitrogen and oxygen atoms in total. The molecule has 0 aromatic heterocycles. The van der Waals surface area contributed by atoms with Crippen molar-refractivity contribution in [3.05, 3.63) is 35.9 Å². The van der Waals surface area contributed by atoms with Gasteiger partial charge in [-0.3, -0.25) is 0 Å². The molecule has 0 aliphatic carbocycles. The third-order valence-electron chi connectivity index (χ3n) is 5.09. The number of fused-ring (bicyclic) bond motifs is 2. The molecule has 3 aromatic rings. The van der Waals surface area contributed by atoms with Crippen molar-refractivity contribution in [1.29, 1.82) is 0 Å². The summed E-state index contributed by atoms with van der Waals surface area (Å²) < 4.78 is 32.5. The number of hydrogen-bond acceptors (Lipinski definition) is 8. The van der Waals surface area contributed by atoms with Crippen LogP contribution in [0.3, 0.4) is 0 Å². The Kier molecular flexibility index (Phi) is 5.37. The predicted octanol–water partition coefficient (Wildman–Crippen LogP) is 4.14. The van der Waals surface area contributed by atoms with E-state index in [2.05, 4.69) is 0 Å². The lowest BCUT2D eigenvalue weighted by Gasteiger charge is -2.20. The monoisotopic (exact) mass is 426 g/mol.